The Hall–Kier alpha value is -3.10. The summed E-state index contributed by atoms with van der Waals surface area (Å²) < 4.78 is 11.9. The number of ether oxygens (including phenoxy) is 1. The second-order valence-corrected chi connectivity index (χ2v) is 10.1. The van der Waals surface area contributed by atoms with Crippen LogP contribution in [0.4, 0.5) is 11.4 Å². The van der Waals surface area contributed by atoms with Gasteiger partial charge in [-0.2, -0.15) is 0 Å². The van der Waals surface area contributed by atoms with Gasteiger partial charge in [0.25, 0.3) is 0 Å². The predicted octanol–water partition coefficient (Wildman–Crippen LogP) is 6.66. The van der Waals surface area contributed by atoms with Crippen molar-refractivity contribution in [2.75, 3.05) is 36.1 Å². The van der Waals surface area contributed by atoms with E-state index in [2.05, 4.69) is 44.4 Å². The summed E-state index contributed by atoms with van der Waals surface area (Å²) in [4.78, 5) is 9.04. The van der Waals surface area contributed by atoms with E-state index in [4.69, 9.17) is 44.6 Å². The molecule has 0 amide bonds. The smallest absolute Gasteiger partial charge is 0.174 e. The van der Waals surface area contributed by atoms with Crippen LogP contribution in [0.1, 0.15) is 23.5 Å². The van der Waals surface area contributed by atoms with E-state index >= 15 is 0 Å². The fourth-order valence-electron chi connectivity index (χ4n) is 4.92. The van der Waals surface area contributed by atoms with Crippen molar-refractivity contribution < 1.29 is 9.15 Å². The molecule has 2 aliphatic rings. The Kier molecular flexibility index (Phi) is 6.78. The Balaban J connectivity index is 1.38. The highest BCUT2D eigenvalue weighted by molar-refractivity contribution is 7.80. The third-order valence-electron chi connectivity index (χ3n) is 6.74. The third-order valence-corrected chi connectivity index (χ3v) is 7.87. The Morgan fingerprint density at radius 1 is 0.892 bits per heavy atom. The van der Waals surface area contributed by atoms with Gasteiger partial charge < -0.3 is 24.3 Å². The molecule has 2 saturated heterocycles. The van der Waals surface area contributed by atoms with E-state index in [1.54, 1.807) is 12.3 Å². The van der Waals surface area contributed by atoms with Gasteiger partial charge in [0.2, 0.25) is 0 Å². The van der Waals surface area contributed by atoms with Gasteiger partial charge in [-0.1, -0.05) is 35.3 Å². The number of morpholine rings is 1. The van der Waals surface area contributed by atoms with E-state index in [1.807, 2.05) is 42.5 Å². The number of hydrogen-bond acceptors (Lipinski definition) is 5. The van der Waals surface area contributed by atoms with Crippen molar-refractivity contribution in [2.45, 2.75) is 12.1 Å². The van der Waals surface area contributed by atoms with E-state index in [0.29, 0.717) is 20.9 Å². The Labute approximate surface area is 230 Å². The molecule has 6 nitrogen and oxygen atoms in total. The zero-order chi connectivity index (χ0) is 25.4. The summed E-state index contributed by atoms with van der Waals surface area (Å²) >= 11 is 18.6. The SMILES string of the molecule is S=C1N[C@H](c2ccccn2)[C@H](c2ccc(-c3cccc(Cl)c3Cl)o2)N1c1ccc(N2CCOCC2)cc1. The largest absolute Gasteiger partial charge is 0.459 e. The first-order valence-corrected chi connectivity index (χ1v) is 13.2. The van der Waals surface area contributed by atoms with Crippen LogP contribution in [-0.4, -0.2) is 36.4 Å². The number of pyridine rings is 1. The maximum atomic E-state index is 6.49. The Bertz CT molecular complexity index is 1410. The number of nitrogens with zero attached hydrogens (tertiary/aromatic N) is 3. The number of furan rings is 1. The predicted molar refractivity (Wildman–Crippen MR) is 152 cm³/mol. The van der Waals surface area contributed by atoms with Crippen LogP contribution >= 0.6 is 35.4 Å². The molecule has 1 N–H and O–H groups in total. The molecule has 0 unspecified atom stereocenters. The molecule has 4 heterocycles. The summed E-state index contributed by atoms with van der Waals surface area (Å²) in [5.74, 6) is 1.38. The normalized spacial score (nSPS) is 19.8. The van der Waals surface area contributed by atoms with Crippen LogP contribution in [0.15, 0.2) is 83.4 Å². The molecule has 188 valence electrons. The average molecular weight is 551 g/mol. The number of aromatic nitrogens is 1. The second kappa shape index (κ2) is 10.3. The van der Waals surface area contributed by atoms with Gasteiger partial charge in [-0.25, -0.2) is 0 Å². The molecule has 0 spiro atoms. The number of nitrogens with one attached hydrogen (secondary N) is 1. The van der Waals surface area contributed by atoms with Crippen molar-refractivity contribution >= 4 is 51.9 Å². The van der Waals surface area contributed by atoms with Gasteiger partial charge in [0.15, 0.2) is 5.11 Å². The number of thiocarbonyl (C=S) groups is 1. The van der Waals surface area contributed by atoms with Crippen LogP contribution in [0.3, 0.4) is 0 Å². The first-order valence-electron chi connectivity index (χ1n) is 12.1. The van der Waals surface area contributed by atoms with Crippen molar-refractivity contribution in [3.05, 3.63) is 100 Å². The minimum Gasteiger partial charge on any atom is -0.459 e. The van der Waals surface area contributed by atoms with Crippen molar-refractivity contribution in [2.24, 2.45) is 0 Å². The van der Waals surface area contributed by atoms with Crippen LogP contribution in [0, 0.1) is 0 Å². The van der Waals surface area contributed by atoms with E-state index in [-0.39, 0.29) is 12.1 Å². The molecule has 2 aromatic heterocycles. The first-order chi connectivity index (χ1) is 18.1. The van der Waals surface area contributed by atoms with Crippen LogP contribution < -0.4 is 15.1 Å². The second-order valence-electron chi connectivity index (χ2n) is 8.92. The molecule has 37 heavy (non-hydrogen) atoms. The van der Waals surface area contributed by atoms with Gasteiger partial charge in [0, 0.05) is 36.2 Å². The standard InChI is InChI=1S/C28H24Cl2N4O2S/c29-21-5-3-4-20(25(21)30)23-11-12-24(36-23)27-26(22-6-1-2-13-31-22)32-28(37)34(27)19-9-7-18(8-10-19)33-14-16-35-17-15-33/h1-13,26-27H,14-17H2,(H,32,37)/t26-,27+/m1/s1. The quantitative estimate of drug-likeness (QED) is 0.279. The molecular weight excluding hydrogens is 527 g/mol. The maximum absolute atomic E-state index is 6.49. The minimum absolute atomic E-state index is 0.207. The Morgan fingerprint density at radius 3 is 2.43 bits per heavy atom. The summed E-state index contributed by atoms with van der Waals surface area (Å²) in [7, 11) is 0. The summed E-state index contributed by atoms with van der Waals surface area (Å²) in [6.45, 7) is 3.25. The summed E-state index contributed by atoms with van der Waals surface area (Å²) in [5, 5.41) is 5.03. The molecular formula is C28H24Cl2N4O2S. The first kappa shape index (κ1) is 24.2. The molecule has 0 saturated carbocycles. The zero-order valence-corrected chi connectivity index (χ0v) is 22.1. The zero-order valence-electron chi connectivity index (χ0n) is 19.8. The van der Waals surface area contributed by atoms with Crippen LogP contribution in [0.5, 0.6) is 0 Å². The summed E-state index contributed by atoms with van der Waals surface area (Å²) in [6.07, 6.45) is 1.79. The third kappa shape index (κ3) is 4.68. The van der Waals surface area contributed by atoms with Gasteiger partial charge in [0.05, 0.1) is 35.0 Å². The number of hydrogen-bond donors (Lipinski definition) is 1. The van der Waals surface area contributed by atoms with Gasteiger partial charge in [0.1, 0.15) is 17.6 Å². The maximum Gasteiger partial charge on any atom is 0.174 e. The lowest BCUT2D eigenvalue weighted by Gasteiger charge is -2.30. The highest BCUT2D eigenvalue weighted by Crippen LogP contribution is 2.44. The molecule has 0 radical (unpaired) electrons. The van der Waals surface area contributed by atoms with Gasteiger partial charge in [-0.15, -0.1) is 0 Å². The van der Waals surface area contributed by atoms with Crippen molar-refractivity contribution in [3.8, 4) is 11.3 Å². The summed E-state index contributed by atoms with van der Waals surface area (Å²) in [5.41, 5.74) is 3.75. The van der Waals surface area contributed by atoms with Crippen LogP contribution in [0.2, 0.25) is 10.0 Å². The highest BCUT2D eigenvalue weighted by atomic mass is 35.5. The molecule has 2 aliphatic heterocycles. The monoisotopic (exact) mass is 550 g/mol. The summed E-state index contributed by atoms with van der Waals surface area (Å²) in [6, 6.07) is 23.3. The number of halogens is 2. The number of benzene rings is 2. The molecule has 2 fully saturated rings. The molecule has 0 bridgehead atoms. The van der Waals surface area contributed by atoms with E-state index < -0.39 is 0 Å². The lowest BCUT2D eigenvalue weighted by Crippen LogP contribution is -2.36. The minimum atomic E-state index is -0.261. The topological polar surface area (TPSA) is 53.8 Å². The molecule has 9 heteroatoms. The molecule has 0 aliphatic carbocycles. The molecule has 2 aromatic carbocycles. The molecule has 4 aromatic rings. The van der Waals surface area contributed by atoms with Crippen molar-refractivity contribution in [1.82, 2.24) is 10.3 Å². The van der Waals surface area contributed by atoms with E-state index in [0.717, 1.165) is 49.0 Å². The van der Waals surface area contributed by atoms with Crippen molar-refractivity contribution in [3.63, 3.8) is 0 Å². The Morgan fingerprint density at radius 2 is 1.68 bits per heavy atom. The van der Waals surface area contributed by atoms with E-state index in [1.165, 1.54) is 5.69 Å². The fourth-order valence-corrected chi connectivity index (χ4v) is 5.66. The van der Waals surface area contributed by atoms with Gasteiger partial charge >= 0.3 is 0 Å². The van der Waals surface area contributed by atoms with Crippen LogP contribution in [-0.2, 0) is 4.74 Å². The average Bonchev–Trinajstić information content (AvgIpc) is 3.56. The fraction of sp³-hybridized carbons (Fsp3) is 0.214. The number of rotatable bonds is 5. The van der Waals surface area contributed by atoms with Crippen LogP contribution in [0.25, 0.3) is 11.3 Å². The van der Waals surface area contributed by atoms with Gasteiger partial charge in [-0.05, 0) is 72.9 Å². The number of anilines is 2. The highest BCUT2D eigenvalue weighted by Gasteiger charge is 2.42. The van der Waals surface area contributed by atoms with Gasteiger partial charge in [-0.3, -0.25) is 4.98 Å². The lowest BCUT2D eigenvalue weighted by molar-refractivity contribution is 0.122. The lowest BCUT2D eigenvalue weighted by atomic mass is 10.0. The van der Waals surface area contributed by atoms with E-state index in [9.17, 15) is 0 Å². The van der Waals surface area contributed by atoms with Crippen molar-refractivity contribution in [1.29, 1.82) is 0 Å². The molecule has 6 rings (SSSR count). The molecule has 2 atom stereocenters.